The number of aromatic amines is 1. The molecule has 3 atom stereocenters. The van der Waals surface area contributed by atoms with Gasteiger partial charge in [-0.2, -0.15) is 0 Å². The van der Waals surface area contributed by atoms with Crippen LogP contribution < -0.4 is 5.73 Å². The molecule has 0 spiro atoms. The molecule has 2 aliphatic rings. The lowest BCUT2D eigenvalue weighted by Crippen LogP contribution is -2.52. The fraction of sp³-hybridized carbons (Fsp3) is 0.455. The molecule has 1 aromatic carbocycles. The van der Waals surface area contributed by atoms with Crippen LogP contribution in [0.1, 0.15) is 51.9 Å². The van der Waals surface area contributed by atoms with Crippen molar-refractivity contribution in [3.63, 3.8) is 0 Å². The number of carbonyl (C=O) groups excluding carboxylic acids is 1. The van der Waals surface area contributed by atoms with Crippen molar-refractivity contribution < 1.29 is 9.53 Å². The number of imidazole rings is 1. The lowest BCUT2D eigenvalue weighted by atomic mass is 9.83. The molecule has 2 heterocycles. The number of nitrogens with zero attached hydrogens (tertiary/aromatic N) is 2. The second kappa shape index (κ2) is 7.09. The number of H-pyrrole nitrogens is 1. The van der Waals surface area contributed by atoms with Gasteiger partial charge in [0.05, 0.1) is 17.1 Å². The van der Waals surface area contributed by atoms with Gasteiger partial charge >= 0.3 is 5.97 Å². The first kappa shape index (κ1) is 18.7. The molecule has 3 unspecified atom stereocenters. The van der Waals surface area contributed by atoms with Crippen LogP contribution in [0.3, 0.4) is 0 Å². The van der Waals surface area contributed by atoms with Crippen LogP contribution in [0.15, 0.2) is 48.2 Å². The molecule has 0 bridgehead atoms. The number of nitrogens with one attached hydrogen (secondary N) is 1. The summed E-state index contributed by atoms with van der Waals surface area (Å²) in [6.07, 6.45) is 9.08. The van der Waals surface area contributed by atoms with Gasteiger partial charge < -0.3 is 20.4 Å². The third kappa shape index (κ3) is 3.56. The molecular weight excluding hydrogens is 352 g/mol. The van der Waals surface area contributed by atoms with Gasteiger partial charge in [-0.3, -0.25) is 0 Å². The van der Waals surface area contributed by atoms with Gasteiger partial charge in [0.1, 0.15) is 11.4 Å². The topological polar surface area (TPSA) is 84.2 Å². The molecule has 6 heteroatoms. The number of allylic oxidation sites excluding steroid dienone is 2. The largest absolute Gasteiger partial charge is 0.458 e. The summed E-state index contributed by atoms with van der Waals surface area (Å²) < 4.78 is 5.78. The normalized spacial score (nSPS) is 23.3. The van der Waals surface area contributed by atoms with E-state index in [1.165, 1.54) is 5.57 Å². The fourth-order valence-electron chi connectivity index (χ4n) is 4.16. The maximum absolute atomic E-state index is 13.3. The van der Waals surface area contributed by atoms with E-state index >= 15 is 0 Å². The summed E-state index contributed by atoms with van der Waals surface area (Å²) >= 11 is 0. The zero-order valence-electron chi connectivity index (χ0n) is 16.7. The maximum Gasteiger partial charge on any atom is 0.337 e. The molecule has 6 nitrogen and oxygen atoms in total. The molecule has 0 saturated heterocycles. The lowest BCUT2D eigenvalue weighted by Gasteiger charge is -2.44. The van der Waals surface area contributed by atoms with Gasteiger partial charge in [-0.15, -0.1) is 0 Å². The van der Waals surface area contributed by atoms with Crippen molar-refractivity contribution in [3.8, 4) is 0 Å². The molecule has 148 valence electrons. The average Bonchev–Trinajstić information content (AvgIpc) is 3.04. The molecule has 28 heavy (non-hydrogen) atoms. The molecule has 2 aromatic rings. The van der Waals surface area contributed by atoms with Crippen LogP contribution in [0.4, 0.5) is 0 Å². The Balaban J connectivity index is 1.77. The number of fused-ring (bicyclic) bond motifs is 2. The minimum atomic E-state index is -0.680. The van der Waals surface area contributed by atoms with Crippen molar-refractivity contribution in [3.05, 3.63) is 54.0 Å². The van der Waals surface area contributed by atoms with Crippen LogP contribution in [-0.4, -0.2) is 38.5 Å². The number of rotatable bonds is 3. The van der Waals surface area contributed by atoms with Crippen LogP contribution >= 0.6 is 0 Å². The average molecular weight is 380 g/mol. The van der Waals surface area contributed by atoms with Crippen molar-refractivity contribution in [1.29, 1.82) is 0 Å². The van der Waals surface area contributed by atoms with Gasteiger partial charge in [0.15, 0.2) is 6.04 Å². The van der Waals surface area contributed by atoms with Crippen LogP contribution in [0.2, 0.25) is 0 Å². The highest BCUT2D eigenvalue weighted by molar-refractivity contribution is 5.81. The Morgan fingerprint density at radius 2 is 2.14 bits per heavy atom. The van der Waals surface area contributed by atoms with E-state index in [0.29, 0.717) is 5.82 Å². The predicted octanol–water partition coefficient (Wildman–Crippen LogP) is 3.58. The number of esters is 1. The number of benzene rings is 1. The zero-order valence-corrected chi connectivity index (χ0v) is 16.7. The number of nitrogens with two attached hydrogens (primary N) is 1. The summed E-state index contributed by atoms with van der Waals surface area (Å²) in [7, 11) is 0. The molecular formula is C22H28N4O2. The quantitative estimate of drug-likeness (QED) is 0.795. The molecule has 1 aliphatic carbocycles. The van der Waals surface area contributed by atoms with E-state index in [1.807, 2.05) is 62.2 Å². The highest BCUT2D eigenvalue weighted by Crippen LogP contribution is 2.36. The zero-order chi connectivity index (χ0) is 19.9. The SMILES string of the molecule is CC(C)(C)OC(=O)C(c1nc2ccccc2[nH]1)N1C=CC=C2CCCC(N)C21. The number of hydrogen-bond donors (Lipinski definition) is 2. The number of aromatic nitrogens is 2. The van der Waals surface area contributed by atoms with Crippen molar-refractivity contribution in [1.82, 2.24) is 14.9 Å². The summed E-state index contributed by atoms with van der Waals surface area (Å²) in [4.78, 5) is 23.4. The first-order valence-electron chi connectivity index (χ1n) is 9.91. The third-order valence-electron chi connectivity index (χ3n) is 5.27. The molecule has 3 N–H and O–H groups in total. The van der Waals surface area contributed by atoms with E-state index in [4.69, 9.17) is 15.5 Å². The minimum absolute atomic E-state index is 0.0236. The second-order valence-corrected chi connectivity index (χ2v) is 8.61. The number of ether oxygens (including phenoxy) is 1. The van der Waals surface area contributed by atoms with Crippen LogP contribution in [0.25, 0.3) is 11.0 Å². The lowest BCUT2D eigenvalue weighted by molar-refractivity contribution is -0.161. The third-order valence-corrected chi connectivity index (χ3v) is 5.27. The smallest absolute Gasteiger partial charge is 0.337 e. The Bertz CT molecular complexity index is 904. The Hall–Kier alpha value is -2.60. The molecule has 0 radical (unpaired) electrons. The molecule has 1 aromatic heterocycles. The van der Waals surface area contributed by atoms with Gasteiger partial charge in [-0.25, -0.2) is 9.78 Å². The van der Waals surface area contributed by atoms with Crippen molar-refractivity contribution in [2.75, 3.05) is 0 Å². The van der Waals surface area contributed by atoms with Gasteiger partial charge in [0.25, 0.3) is 0 Å². The highest BCUT2D eigenvalue weighted by atomic mass is 16.6. The number of para-hydroxylation sites is 2. The Morgan fingerprint density at radius 1 is 1.36 bits per heavy atom. The van der Waals surface area contributed by atoms with Gasteiger partial charge in [0.2, 0.25) is 0 Å². The Morgan fingerprint density at radius 3 is 2.89 bits per heavy atom. The van der Waals surface area contributed by atoms with E-state index in [1.54, 1.807) is 0 Å². The summed E-state index contributed by atoms with van der Waals surface area (Å²) in [6.45, 7) is 5.64. The summed E-state index contributed by atoms with van der Waals surface area (Å²) in [5, 5.41) is 0. The van der Waals surface area contributed by atoms with Crippen molar-refractivity contribution in [2.45, 2.75) is 63.8 Å². The van der Waals surface area contributed by atoms with Crippen LogP contribution in [0, 0.1) is 0 Å². The molecule has 1 aliphatic heterocycles. The Labute approximate surface area is 165 Å². The van der Waals surface area contributed by atoms with E-state index in [2.05, 4.69) is 11.1 Å². The first-order chi connectivity index (χ1) is 13.3. The molecule has 4 rings (SSSR count). The summed E-state index contributed by atoms with van der Waals surface area (Å²) in [5.41, 5.74) is 8.91. The molecule has 1 saturated carbocycles. The highest BCUT2D eigenvalue weighted by Gasteiger charge is 2.41. The molecule has 0 amide bonds. The van der Waals surface area contributed by atoms with Gasteiger partial charge in [0, 0.05) is 12.2 Å². The standard InChI is InChI=1S/C22H28N4O2/c1-22(2,3)28-21(27)19(20-24-16-11-4-5-12-17(16)25-20)26-13-7-9-14-8-6-10-15(23)18(14)26/h4-5,7,9,11-13,15,18-19H,6,8,10,23H2,1-3H3,(H,24,25). The van der Waals surface area contributed by atoms with E-state index in [-0.39, 0.29) is 18.1 Å². The minimum Gasteiger partial charge on any atom is -0.458 e. The van der Waals surface area contributed by atoms with Crippen molar-refractivity contribution in [2.24, 2.45) is 5.73 Å². The van der Waals surface area contributed by atoms with Crippen LogP contribution in [-0.2, 0) is 9.53 Å². The second-order valence-electron chi connectivity index (χ2n) is 8.61. The Kier molecular flexibility index (Phi) is 4.75. The van der Waals surface area contributed by atoms with Gasteiger partial charge in [-0.05, 0) is 63.8 Å². The number of hydrogen-bond acceptors (Lipinski definition) is 5. The first-order valence-corrected chi connectivity index (χ1v) is 9.91. The fourth-order valence-corrected chi connectivity index (χ4v) is 4.16. The van der Waals surface area contributed by atoms with E-state index in [9.17, 15) is 4.79 Å². The monoisotopic (exact) mass is 380 g/mol. The van der Waals surface area contributed by atoms with Crippen LogP contribution in [0.5, 0.6) is 0 Å². The van der Waals surface area contributed by atoms with E-state index < -0.39 is 11.6 Å². The maximum atomic E-state index is 13.3. The summed E-state index contributed by atoms with van der Waals surface area (Å²) in [6, 6.07) is 7.05. The molecule has 1 fully saturated rings. The van der Waals surface area contributed by atoms with E-state index in [0.717, 1.165) is 30.3 Å². The predicted molar refractivity (Wildman–Crippen MR) is 109 cm³/mol. The summed E-state index contributed by atoms with van der Waals surface area (Å²) in [5.74, 6) is 0.259. The van der Waals surface area contributed by atoms with Gasteiger partial charge in [-0.1, -0.05) is 18.2 Å². The number of carbonyl (C=O) groups is 1. The van der Waals surface area contributed by atoms with Crippen molar-refractivity contribution >= 4 is 17.0 Å².